The summed E-state index contributed by atoms with van der Waals surface area (Å²) in [6.07, 6.45) is 0. The van der Waals surface area contributed by atoms with E-state index in [2.05, 4.69) is 51.1 Å². The Kier molecular flexibility index (Phi) is 5.16. The van der Waals surface area contributed by atoms with E-state index in [1.54, 1.807) is 0 Å². The van der Waals surface area contributed by atoms with E-state index in [9.17, 15) is 0 Å². The van der Waals surface area contributed by atoms with E-state index < -0.39 is 0 Å². The summed E-state index contributed by atoms with van der Waals surface area (Å²) in [5, 5.41) is 0. The minimum Gasteiger partial charge on any atom is -0.126 e. The first-order valence-electron chi connectivity index (χ1n) is 4.26. The van der Waals surface area contributed by atoms with E-state index in [-0.39, 0.29) is 7.43 Å². The summed E-state index contributed by atoms with van der Waals surface area (Å²) in [6, 6.07) is 10.6. The lowest BCUT2D eigenvalue weighted by molar-refractivity contribution is 0.481. The lowest BCUT2D eigenvalue weighted by Crippen LogP contribution is -2.07. The van der Waals surface area contributed by atoms with Gasteiger partial charge in [0.15, 0.2) is 0 Å². The van der Waals surface area contributed by atoms with Crippen molar-refractivity contribution >= 4 is 11.8 Å². The van der Waals surface area contributed by atoms with Crippen molar-refractivity contribution in [1.29, 1.82) is 0 Å². The molecule has 0 nitrogen and oxygen atoms in total. The molecule has 0 spiro atoms. The van der Waals surface area contributed by atoms with Gasteiger partial charge in [-0.15, -0.1) is 11.8 Å². The van der Waals surface area contributed by atoms with Gasteiger partial charge in [-0.05, 0) is 17.5 Å². The van der Waals surface area contributed by atoms with Gasteiger partial charge in [-0.3, -0.25) is 0 Å². The Morgan fingerprint density at radius 3 is 2.08 bits per heavy atom. The van der Waals surface area contributed by atoms with Crippen LogP contribution >= 0.6 is 11.8 Å². The van der Waals surface area contributed by atoms with Crippen LogP contribution in [0.15, 0.2) is 35.2 Å². The van der Waals surface area contributed by atoms with Gasteiger partial charge in [-0.25, -0.2) is 0 Å². The van der Waals surface area contributed by atoms with Crippen LogP contribution in [-0.2, 0) is 0 Å². The van der Waals surface area contributed by atoms with E-state index in [4.69, 9.17) is 0 Å². The minimum atomic E-state index is 0. The van der Waals surface area contributed by atoms with Gasteiger partial charge in [0.25, 0.3) is 0 Å². The van der Waals surface area contributed by atoms with Crippen LogP contribution in [0, 0.1) is 5.41 Å². The first-order valence-corrected chi connectivity index (χ1v) is 5.24. The maximum absolute atomic E-state index is 2.27. The van der Waals surface area contributed by atoms with Crippen molar-refractivity contribution in [3.63, 3.8) is 0 Å². The molecule has 1 aromatic rings. The largest absolute Gasteiger partial charge is 0.126 e. The van der Waals surface area contributed by atoms with Crippen LogP contribution in [0.25, 0.3) is 0 Å². The predicted molar refractivity (Wildman–Crippen MR) is 63.4 cm³/mol. The second-order valence-electron chi connectivity index (χ2n) is 4.16. The first-order chi connectivity index (χ1) is 5.58. The van der Waals surface area contributed by atoms with Gasteiger partial charge >= 0.3 is 0 Å². The normalized spacial score (nSPS) is 10.7. The molecule has 0 saturated heterocycles. The Morgan fingerprint density at radius 1 is 1.08 bits per heavy atom. The molecule has 0 amide bonds. The molecule has 0 aliphatic carbocycles. The van der Waals surface area contributed by atoms with Crippen molar-refractivity contribution in [3.8, 4) is 0 Å². The highest BCUT2D eigenvalue weighted by Crippen LogP contribution is 2.26. The van der Waals surface area contributed by atoms with Gasteiger partial charge in [-0.1, -0.05) is 46.4 Å². The van der Waals surface area contributed by atoms with Crippen LogP contribution < -0.4 is 0 Å². The molecule has 74 valence electrons. The molecule has 0 aliphatic rings. The summed E-state index contributed by atoms with van der Waals surface area (Å²) in [5.41, 5.74) is 0.417. The second-order valence-corrected chi connectivity index (χ2v) is 5.21. The molecule has 0 aromatic heterocycles. The van der Waals surface area contributed by atoms with Crippen molar-refractivity contribution in [2.75, 3.05) is 5.75 Å². The molecular formula is C12H20S. The molecule has 1 rings (SSSR count). The Hall–Kier alpha value is -0.430. The molecule has 1 heteroatoms. The van der Waals surface area contributed by atoms with Crippen LogP contribution in [-0.4, -0.2) is 5.75 Å². The van der Waals surface area contributed by atoms with Crippen LogP contribution in [0.3, 0.4) is 0 Å². The van der Waals surface area contributed by atoms with E-state index in [1.807, 2.05) is 11.8 Å². The molecule has 0 bridgehead atoms. The fourth-order valence-corrected chi connectivity index (χ4v) is 1.77. The van der Waals surface area contributed by atoms with Crippen LogP contribution in [0.4, 0.5) is 0 Å². The number of rotatable bonds is 2. The molecule has 1 aromatic carbocycles. The predicted octanol–water partition coefficient (Wildman–Crippen LogP) is 4.46. The molecule has 0 N–H and O–H groups in total. The van der Waals surface area contributed by atoms with Gasteiger partial charge in [0.2, 0.25) is 0 Å². The zero-order valence-corrected chi connectivity index (χ0v) is 8.82. The van der Waals surface area contributed by atoms with Gasteiger partial charge in [0.1, 0.15) is 0 Å². The summed E-state index contributed by atoms with van der Waals surface area (Å²) in [5.74, 6) is 1.18. The van der Waals surface area contributed by atoms with Crippen LogP contribution in [0.2, 0.25) is 0 Å². The summed E-state index contributed by atoms with van der Waals surface area (Å²) in [6.45, 7) is 6.80. The Bertz CT molecular complexity index is 221. The molecule has 0 aliphatic heterocycles. The lowest BCUT2D eigenvalue weighted by atomic mass is 10.0. The minimum absolute atomic E-state index is 0. The van der Waals surface area contributed by atoms with Crippen molar-refractivity contribution in [2.24, 2.45) is 5.41 Å². The number of hydrogen-bond acceptors (Lipinski definition) is 1. The molecule has 0 fully saturated rings. The topological polar surface area (TPSA) is 0 Å². The summed E-state index contributed by atoms with van der Waals surface area (Å²) >= 11 is 1.93. The van der Waals surface area contributed by atoms with E-state index in [1.165, 1.54) is 10.6 Å². The highest BCUT2D eigenvalue weighted by atomic mass is 32.2. The first kappa shape index (κ1) is 12.6. The smallest absolute Gasteiger partial charge is 0.00721 e. The average Bonchev–Trinajstić information content (AvgIpc) is 2.02. The summed E-state index contributed by atoms with van der Waals surface area (Å²) in [4.78, 5) is 1.37. The number of hydrogen-bond donors (Lipinski definition) is 0. The standard InChI is InChI=1S/C11H16S.CH4/c1-11(2,3)9-12-10-7-5-4-6-8-10;/h4-8H,9H2,1-3H3;1H4. The Morgan fingerprint density at radius 2 is 1.62 bits per heavy atom. The fraction of sp³-hybridized carbons (Fsp3) is 0.500. The second kappa shape index (κ2) is 5.33. The van der Waals surface area contributed by atoms with Gasteiger partial charge < -0.3 is 0 Å². The third-order valence-corrected chi connectivity index (χ3v) is 3.03. The summed E-state index contributed by atoms with van der Waals surface area (Å²) < 4.78 is 0. The van der Waals surface area contributed by atoms with Crippen LogP contribution in [0.5, 0.6) is 0 Å². The number of thioether (sulfide) groups is 1. The van der Waals surface area contributed by atoms with Crippen LogP contribution in [0.1, 0.15) is 28.2 Å². The lowest BCUT2D eigenvalue weighted by Gasteiger charge is -2.16. The maximum Gasteiger partial charge on any atom is 0.00721 e. The highest BCUT2D eigenvalue weighted by molar-refractivity contribution is 7.99. The van der Waals surface area contributed by atoms with Gasteiger partial charge in [-0.2, -0.15) is 0 Å². The molecule has 0 radical (unpaired) electrons. The highest BCUT2D eigenvalue weighted by Gasteiger charge is 2.09. The molecule has 0 atom stereocenters. The van der Waals surface area contributed by atoms with Gasteiger partial charge in [0.05, 0.1) is 0 Å². The number of benzene rings is 1. The Balaban J connectivity index is 0.00000144. The van der Waals surface area contributed by atoms with E-state index >= 15 is 0 Å². The zero-order chi connectivity index (χ0) is 9.03. The molecule has 0 unspecified atom stereocenters. The molecule has 0 heterocycles. The van der Waals surface area contributed by atoms with Crippen molar-refractivity contribution in [2.45, 2.75) is 33.1 Å². The SMILES string of the molecule is C.CC(C)(C)CSc1ccccc1. The van der Waals surface area contributed by atoms with Gasteiger partial charge in [0, 0.05) is 10.6 Å². The molecule has 13 heavy (non-hydrogen) atoms. The quantitative estimate of drug-likeness (QED) is 0.629. The maximum atomic E-state index is 2.27. The third kappa shape index (κ3) is 5.75. The van der Waals surface area contributed by atoms with E-state index in [0.717, 1.165) is 0 Å². The monoisotopic (exact) mass is 196 g/mol. The van der Waals surface area contributed by atoms with Crippen molar-refractivity contribution in [3.05, 3.63) is 30.3 Å². The van der Waals surface area contributed by atoms with E-state index in [0.29, 0.717) is 5.41 Å². The summed E-state index contributed by atoms with van der Waals surface area (Å²) in [7, 11) is 0. The zero-order valence-electron chi connectivity index (χ0n) is 8.00. The Labute approximate surface area is 86.7 Å². The average molecular weight is 196 g/mol. The molecular weight excluding hydrogens is 176 g/mol. The third-order valence-electron chi connectivity index (χ3n) is 1.42. The molecule has 0 saturated carbocycles. The van der Waals surface area contributed by atoms with Crippen molar-refractivity contribution < 1.29 is 0 Å². The fourth-order valence-electron chi connectivity index (χ4n) is 0.817. The van der Waals surface area contributed by atoms with Crippen molar-refractivity contribution in [1.82, 2.24) is 0 Å².